The molecule has 0 saturated heterocycles. The van der Waals surface area contributed by atoms with Crippen LogP contribution in [0.2, 0.25) is 6.04 Å². The Morgan fingerprint density at radius 3 is 1.78 bits per heavy atom. The lowest BCUT2D eigenvalue weighted by Gasteiger charge is -2.18. The maximum absolute atomic E-state index is 4.79. The molecule has 0 atom stereocenters. The molecule has 0 radical (unpaired) electrons. The van der Waals surface area contributed by atoms with Gasteiger partial charge in [-0.3, -0.25) is 4.98 Å². The van der Waals surface area contributed by atoms with Crippen molar-refractivity contribution < 1.29 is 0 Å². The van der Waals surface area contributed by atoms with Crippen LogP contribution in [0.3, 0.4) is 0 Å². The van der Waals surface area contributed by atoms with Crippen molar-refractivity contribution in [2.24, 2.45) is 0 Å². The normalized spacial score (nSPS) is 11.2. The molecule has 0 spiro atoms. The molecular formula is C33H33BN2Si. The topological polar surface area (TPSA) is 17.8 Å². The second kappa shape index (κ2) is 12.9. The molecule has 1 heterocycles. The molecule has 2 nitrogen and oxygen atoms in total. The molecule has 0 saturated carbocycles. The molecule has 5 aromatic rings. The first-order valence-electron chi connectivity index (χ1n) is 13.3. The molecule has 0 aliphatic carbocycles. The van der Waals surface area contributed by atoms with Gasteiger partial charge in [0, 0.05) is 28.1 Å². The minimum Gasteiger partial charge on any atom is -0.347 e. The van der Waals surface area contributed by atoms with Gasteiger partial charge < -0.3 is 4.57 Å². The molecule has 0 bridgehead atoms. The van der Waals surface area contributed by atoms with Crippen LogP contribution < -0.4 is 5.72 Å². The highest BCUT2D eigenvalue weighted by Gasteiger charge is 2.19. The molecule has 0 aliphatic rings. The molecule has 0 amide bonds. The largest absolute Gasteiger partial charge is 0.347 e. The highest BCUT2D eigenvalue weighted by molar-refractivity contribution is 6.54. The van der Waals surface area contributed by atoms with Gasteiger partial charge in [0.1, 0.15) is 0 Å². The Hall–Kier alpha value is -3.89. The monoisotopic (exact) mass is 496 g/mol. The fourth-order valence-electron chi connectivity index (χ4n) is 5.03. The van der Waals surface area contributed by atoms with Gasteiger partial charge in [-0.05, 0) is 40.1 Å². The van der Waals surface area contributed by atoms with E-state index in [1.165, 1.54) is 39.6 Å². The highest BCUT2D eigenvalue weighted by atomic mass is 28.2. The molecular weight excluding hydrogens is 463 g/mol. The summed E-state index contributed by atoms with van der Waals surface area (Å²) in [5.41, 5.74) is 7.81. The van der Waals surface area contributed by atoms with E-state index < -0.39 is 0 Å². The van der Waals surface area contributed by atoms with Gasteiger partial charge in [-0.25, -0.2) is 0 Å². The van der Waals surface area contributed by atoms with Crippen LogP contribution in [0.15, 0.2) is 140 Å². The van der Waals surface area contributed by atoms with E-state index in [0.29, 0.717) is 5.82 Å². The van der Waals surface area contributed by atoms with Crippen LogP contribution in [-0.2, 0) is 6.17 Å². The van der Waals surface area contributed by atoms with E-state index in [1.54, 1.807) is 0 Å². The van der Waals surface area contributed by atoms with Gasteiger partial charge in [-0.15, -0.1) is 0 Å². The van der Waals surface area contributed by atoms with Crippen molar-refractivity contribution in [1.29, 1.82) is 0 Å². The van der Waals surface area contributed by atoms with Crippen molar-refractivity contribution in [3.05, 3.63) is 162 Å². The number of benzene rings is 4. The zero-order valence-electron chi connectivity index (χ0n) is 21.3. The highest BCUT2D eigenvalue weighted by Crippen LogP contribution is 2.25. The SMILES string of the molecule is B(c1nccn1C[SiH2]CCC=C(c1ccccc1)c1ccccc1)C(c1ccccc1)c1ccccc1. The number of nitrogens with zero attached hydrogens (tertiary/aromatic N) is 2. The molecule has 182 valence electrons. The van der Waals surface area contributed by atoms with Gasteiger partial charge in [-0.1, -0.05) is 133 Å². The van der Waals surface area contributed by atoms with E-state index in [4.69, 9.17) is 4.98 Å². The van der Waals surface area contributed by atoms with Gasteiger partial charge in [0.05, 0.1) is 5.72 Å². The number of allylic oxidation sites excluding steroid dienone is 1. The number of aromatic nitrogens is 2. The number of hydrogen-bond acceptors (Lipinski definition) is 1. The fraction of sp³-hybridized carbons (Fsp3) is 0.121. The summed E-state index contributed by atoms with van der Waals surface area (Å²) in [6, 6.07) is 44.5. The van der Waals surface area contributed by atoms with E-state index in [9.17, 15) is 0 Å². The third kappa shape index (κ3) is 6.66. The molecule has 1 aromatic heterocycles. The van der Waals surface area contributed by atoms with Crippen LogP contribution >= 0.6 is 0 Å². The Balaban J connectivity index is 1.24. The van der Waals surface area contributed by atoms with Crippen LogP contribution in [0.5, 0.6) is 0 Å². The summed E-state index contributed by atoms with van der Waals surface area (Å²) in [5, 5.41) is 0. The van der Waals surface area contributed by atoms with E-state index in [-0.39, 0.29) is 9.52 Å². The lowest BCUT2D eigenvalue weighted by Crippen LogP contribution is -2.32. The number of imidazole rings is 1. The quantitative estimate of drug-likeness (QED) is 0.167. The summed E-state index contributed by atoms with van der Waals surface area (Å²) >= 11 is 0. The number of hydrogen-bond donors (Lipinski definition) is 0. The van der Waals surface area contributed by atoms with Crippen molar-refractivity contribution in [3.63, 3.8) is 0 Å². The van der Waals surface area contributed by atoms with Crippen molar-refractivity contribution >= 4 is 28.1 Å². The summed E-state index contributed by atoms with van der Waals surface area (Å²) in [5.74, 6) is 0.312. The van der Waals surface area contributed by atoms with Crippen LogP contribution in [0, 0.1) is 0 Å². The molecule has 4 aromatic carbocycles. The van der Waals surface area contributed by atoms with Crippen molar-refractivity contribution in [2.75, 3.05) is 0 Å². The van der Waals surface area contributed by atoms with Gasteiger partial charge in [0.25, 0.3) is 0 Å². The zero-order valence-corrected chi connectivity index (χ0v) is 22.7. The van der Waals surface area contributed by atoms with Crippen LogP contribution in [0.4, 0.5) is 0 Å². The van der Waals surface area contributed by atoms with Gasteiger partial charge in [0.2, 0.25) is 7.28 Å². The summed E-state index contributed by atoms with van der Waals surface area (Å²) < 4.78 is 2.41. The van der Waals surface area contributed by atoms with E-state index >= 15 is 0 Å². The van der Waals surface area contributed by atoms with Gasteiger partial charge >= 0.3 is 0 Å². The minimum atomic E-state index is -0.263. The Morgan fingerprint density at radius 1 is 0.730 bits per heavy atom. The lowest BCUT2D eigenvalue weighted by atomic mass is 9.58. The summed E-state index contributed by atoms with van der Waals surface area (Å²) in [6.45, 7) is 0. The third-order valence-electron chi connectivity index (χ3n) is 6.96. The molecule has 0 unspecified atom stereocenters. The maximum Gasteiger partial charge on any atom is 0.217 e. The molecule has 5 rings (SSSR count). The second-order valence-electron chi connectivity index (χ2n) is 9.46. The number of rotatable bonds is 11. The summed E-state index contributed by atoms with van der Waals surface area (Å²) in [4.78, 5) is 4.79. The van der Waals surface area contributed by atoms with Crippen LogP contribution in [0.1, 0.15) is 34.5 Å². The fourth-order valence-corrected chi connectivity index (χ4v) is 6.49. The maximum atomic E-state index is 4.79. The zero-order chi connectivity index (χ0) is 25.1. The predicted molar refractivity (Wildman–Crippen MR) is 162 cm³/mol. The van der Waals surface area contributed by atoms with Crippen LogP contribution in [0.25, 0.3) is 5.57 Å². The Kier molecular flexibility index (Phi) is 8.63. The molecule has 0 N–H and O–H groups in total. The lowest BCUT2D eigenvalue weighted by molar-refractivity contribution is 0.893. The van der Waals surface area contributed by atoms with Gasteiger partial charge in [0.15, 0.2) is 0 Å². The molecule has 4 heteroatoms. The third-order valence-corrected chi connectivity index (χ3v) is 8.67. The van der Waals surface area contributed by atoms with Crippen molar-refractivity contribution in [2.45, 2.75) is 24.5 Å². The van der Waals surface area contributed by atoms with Crippen molar-refractivity contribution in [3.8, 4) is 0 Å². The standard InChI is InChI=1S/C33H33BN2Si/c1-5-14-27(15-6-1)31(28-16-7-2-8-17-28)22-13-25-37-26-36-24-23-35-33(36)34-32(29-18-9-3-10-19-29)30-20-11-4-12-21-30/h1-12,14-24,32,34H,13,25-26,37H2. The average molecular weight is 497 g/mol. The molecule has 37 heavy (non-hydrogen) atoms. The summed E-state index contributed by atoms with van der Waals surface area (Å²) in [7, 11) is 0.655. The first-order chi connectivity index (χ1) is 18.4. The smallest absolute Gasteiger partial charge is 0.217 e. The molecule has 0 aliphatic heterocycles. The van der Waals surface area contributed by atoms with E-state index in [2.05, 4.69) is 138 Å². The molecule has 0 fully saturated rings. The predicted octanol–water partition coefficient (Wildman–Crippen LogP) is 5.80. The minimum absolute atomic E-state index is 0.263. The summed E-state index contributed by atoms with van der Waals surface area (Å²) in [6.07, 6.45) is 8.83. The van der Waals surface area contributed by atoms with Gasteiger partial charge in [-0.2, -0.15) is 0 Å². The first kappa shape index (κ1) is 24.8. The van der Waals surface area contributed by atoms with Crippen LogP contribution in [-0.4, -0.2) is 26.4 Å². The first-order valence-corrected chi connectivity index (χ1v) is 15.3. The van der Waals surface area contributed by atoms with E-state index in [1.807, 2.05) is 6.20 Å². The van der Waals surface area contributed by atoms with Crippen molar-refractivity contribution in [1.82, 2.24) is 9.55 Å². The Morgan fingerprint density at radius 2 is 1.24 bits per heavy atom. The average Bonchev–Trinajstić information content (AvgIpc) is 3.42. The Bertz CT molecular complexity index is 1300. The van der Waals surface area contributed by atoms with E-state index in [0.717, 1.165) is 19.9 Å². The Labute approximate surface area is 223 Å². The second-order valence-corrected chi connectivity index (χ2v) is 11.3.